The van der Waals surface area contributed by atoms with Gasteiger partial charge in [-0.1, -0.05) is 18.2 Å². The molecule has 3 rings (SSSR count). The van der Waals surface area contributed by atoms with Gasteiger partial charge in [-0.2, -0.15) is 0 Å². The van der Waals surface area contributed by atoms with Gasteiger partial charge in [-0.05, 0) is 48.7 Å². The van der Waals surface area contributed by atoms with Crippen molar-refractivity contribution in [2.24, 2.45) is 0 Å². The molecule has 25 heavy (non-hydrogen) atoms. The number of hydrogen-bond acceptors (Lipinski definition) is 3. The SMILES string of the molecule is Cc1ccc(CNC(=O)NC(C)c2ccc3c(c2)OCCO3)cc1F. The van der Waals surface area contributed by atoms with Gasteiger partial charge in [0.1, 0.15) is 19.0 Å². The molecule has 1 unspecified atom stereocenters. The summed E-state index contributed by atoms with van der Waals surface area (Å²) in [6.45, 7) is 4.91. The van der Waals surface area contributed by atoms with E-state index in [2.05, 4.69) is 10.6 Å². The molecule has 1 heterocycles. The summed E-state index contributed by atoms with van der Waals surface area (Å²) in [7, 11) is 0. The molecule has 2 aromatic rings. The van der Waals surface area contributed by atoms with Crippen LogP contribution in [-0.4, -0.2) is 19.2 Å². The first kappa shape index (κ1) is 17.1. The molecule has 0 spiro atoms. The van der Waals surface area contributed by atoms with E-state index in [9.17, 15) is 9.18 Å². The highest BCUT2D eigenvalue weighted by molar-refractivity contribution is 5.74. The molecule has 1 aliphatic heterocycles. The Kier molecular flexibility index (Phi) is 5.07. The van der Waals surface area contributed by atoms with Crippen molar-refractivity contribution in [1.82, 2.24) is 10.6 Å². The number of nitrogens with one attached hydrogen (secondary N) is 2. The summed E-state index contributed by atoms with van der Waals surface area (Å²) in [6, 6.07) is 10.0. The summed E-state index contributed by atoms with van der Waals surface area (Å²) in [5.74, 6) is 1.13. The molecule has 0 radical (unpaired) electrons. The van der Waals surface area contributed by atoms with Crippen molar-refractivity contribution in [3.05, 3.63) is 58.9 Å². The van der Waals surface area contributed by atoms with Crippen LogP contribution in [0, 0.1) is 12.7 Å². The minimum Gasteiger partial charge on any atom is -0.486 e. The molecule has 2 aromatic carbocycles. The Morgan fingerprint density at radius 3 is 2.68 bits per heavy atom. The summed E-state index contributed by atoms with van der Waals surface area (Å²) >= 11 is 0. The van der Waals surface area contributed by atoms with E-state index >= 15 is 0 Å². The minimum absolute atomic E-state index is 0.203. The third kappa shape index (κ3) is 4.21. The number of urea groups is 1. The average molecular weight is 344 g/mol. The molecule has 0 aliphatic carbocycles. The van der Waals surface area contributed by atoms with Crippen LogP contribution in [0.3, 0.4) is 0 Å². The van der Waals surface area contributed by atoms with Crippen molar-refractivity contribution in [1.29, 1.82) is 0 Å². The Morgan fingerprint density at radius 2 is 1.92 bits per heavy atom. The van der Waals surface area contributed by atoms with Crippen LogP contribution in [0.2, 0.25) is 0 Å². The first-order chi connectivity index (χ1) is 12.0. The number of halogens is 1. The van der Waals surface area contributed by atoms with Crippen LogP contribution in [0.15, 0.2) is 36.4 Å². The second-order valence-electron chi connectivity index (χ2n) is 6.04. The van der Waals surface area contributed by atoms with Crippen molar-refractivity contribution >= 4 is 6.03 Å². The Hall–Kier alpha value is -2.76. The lowest BCUT2D eigenvalue weighted by Gasteiger charge is -2.21. The molecule has 1 atom stereocenters. The number of amides is 2. The number of rotatable bonds is 4. The minimum atomic E-state index is -0.316. The van der Waals surface area contributed by atoms with Crippen LogP contribution >= 0.6 is 0 Å². The van der Waals surface area contributed by atoms with Gasteiger partial charge in [-0.15, -0.1) is 0 Å². The lowest BCUT2D eigenvalue weighted by atomic mass is 10.1. The highest BCUT2D eigenvalue weighted by atomic mass is 19.1. The van der Waals surface area contributed by atoms with E-state index in [4.69, 9.17) is 9.47 Å². The largest absolute Gasteiger partial charge is 0.486 e. The quantitative estimate of drug-likeness (QED) is 0.893. The van der Waals surface area contributed by atoms with Gasteiger partial charge in [0.2, 0.25) is 0 Å². The van der Waals surface area contributed by atoms with Crippen LogP contribution in [0.5, 0.6) is 11.5 Å². The van der Waals surface area contributed by atoms with Crippen molar-refractivity contribution < 1.29 is 18.7 Å². The summed E-state index contributed by atoms with van der Waals surface area (Å²) < 4.78 is 24.6. The first-order valence-corrected chi connectivity index (χ1v) is 8.22. The Labute approximate surface area is 146 Å². The maximum atomic E-state index is 13.5. The molecule has 0 saturated carbocycles. The zero-order valence-electron chi connectivity index (χ0n) is 14.3. The third-order valence-electron chi connectivity index (χ3n) is 4.10. The van der Waals surface area contributed by atoms with E-state index in [1.54, 1.807) is 19.1 Å². The normalized spacial score (nSPS) is 13.9. The van der Waals surface area contributed by atoms with Gasteiger partial charge in [0.15, 0.2) is 11.5 Å². The van der Waals surface area contributed by atoms with Crippen LogP contribution in [0.1, 0.15) is 29.7 Å². The van der Waals surface area contributed by atoms with Crippen molar-refractivity contribution in [2.75, 3.05) is 13.2 Å². The van der Waals surface area contributed by atoms with E-state index < -0.39 is 0 Å². The summed E-state index contributed by atoms with van der Waals surface area (Å²) in [4.78, 5) is 12.1. The summed E-state index contributed by atoms with van der Waals surface area (Å²) in [5.41, 5.74) is 2.21. The predicted molar refractivity (Wildman–Crippen MR) is 92.4 cm³/mol. The molecular formula is C19H21FN2O3. The van der Waals surface area contributed by atoms with Crippen LogP contribution < -0.4 is 20.1 Å². The standard InChI is InChI=1S/C19H21FN2O3/c1-12-3-4-14(9-16(12)20)11-21-19(23)22-13(2)15-5-6-17-18(10-15)25-8-7-24-17/h3-6,9-10,13H,7-8,11H2,1-2H3,(H2,21,22,23). The lowest BCUT2D eigenvalue weighted by molar-refractivity contribution is 0.171. The molecule has 2 amide bonds. The Morgan fingerprint density at radius 1 is 1.16 bits per heavy atom. The molecular weight excluding hydrogens is 323 g/mol. The van der Waals surface area contributed by atoms with Gasteiger partial charge in [0.05, 0.1) is 6.04 Å². The topological polar surface area (TPSA) is 59.6 Å². The molecule has 0 fully saturated rings. The molecule has 132 valence electrons. The van der Waals surface area contributed by atoms with Gasteiger partial charge in [0.25, 0.3) is 0 Å². The van der Waals surface area contributed by atoms with Crippen LogP contribution in [0.25, 0.3) is 0 Å². The molecule has 1 aliphatic rings. The second-order valence-corrected chi connectivity index (χ2v) is 6.04. The van der Waals surface area contributed by atoms with Gasteiger partial charge in [0, 0.05) is 6.54 Å². The molecule has 5 nitrogen and oxygen atoms in total. The highest BCUT2D eigenvalue weighted by Gasteiger charge is 2.15. The lowest BCUT2D eigenvalue weighted by Crippen LogP contribution is -2.36. The van der Waals surface area contributed by atoms with Gasteiger partial charge in [-0.25, -0.2) is 9.18 Å². The predicted octanol–water partition coefficient (Wildman–Crippen LogP) is 3.47. The average Bonchev–Trinajstić information content (AvgIpc) is 2.62. The first-order valence-electron chi connectivity index (χ1n) is 8.22. The van der Waals surface area contributed by atoms with E-state index in [-0.39, 0.29) is 24.4 Å². The zero-order chi connectivity index (χ0) is 17.8. The molecule has 0 aromatic heterocycles. The Balaban J connectivity index is 1.56. The number of fused-ring (bicyclic) bond motifs is 1. The molecule has 0 bridgehead atoms. The van der Waals surface area contributed by atoms with E-state index in [0.717, 1.165) is 5.56 Å². The van der Waals surface area contributed by atoms with Crippen molar-refractivity contribution in [3.63, 3.8) is 0 Å². The fourth-order valence-electron chi connectivity index (χ4n) is 2.59. The second kappa shape index (κ2) is 7.42. The molecule has 0 saturated heterocycles. The summed E-state index contributed by atoms with van der Waals surface area (Å²) in [5, 5.41) is 5.60. The Bertz CT molecular complexity index is 779. The highest BCUT2D eigenvalue weighted by Crippen LogP contribution is 2.32. The van der Waals surface area contributed by atoms with Gasteiger partial charge >= 0.3 is 6.03 Å². The maximum Gasteiger partial charge on any atom is 0.315 e. The van der Waals surface area contributed by atoms with Crippen LogP contribution in [0.4, 0.5) is 9.18 Å². The van der Waals surface area contributed by atoms with E-state index in [1.165, 1.54) is 6.07 Å². The zero-order valence-corrected chi connectivity index (χ0v) is 14.3. The molecule has 2 N–H and O–H groups in total. The van der Waals surface area contributed by atoms with Crippen molar-refractivity contribution in [2.45, 2.75) is 26.4 Å². The van der Waals surface area contributed by atoms with Crippen LogP contribution in [-0.2, 0) is 6.54 Å². The number of carbonyl (C=O) groups is 1. The maximum absolute atomic E-state index is 13.5. The van der Waals surface area contributed by atoms with Crippen molar-refractivity contribution in [3.8, 4) is 11.5 Å². The third-order valence-corrected chi connectivity index (χ3v) is 4.10. The number of ether oxygens (including phenoxy) is 2. The fraction of sp³-hybridized carbons (Fsp3) is 0.316. The van der Waals surface area contributed by atoms with Gasteiger partial charge < -0.3 is 20.1 Å². The fourth-order valence-corrected chi connectivity index (χ4v) is 2.59. The summed E-state index contributed by atoms with van der Waals surface area (Å²) in [6.07, 6.45) is 0. The monoisotopic (exact) mass is 344 g/mol. The molecule has 6 heteroatoms. The number of benzene rings is 2. The number of hydrogen-bond donors (Lipinski definition) is 2. The van der Waals surface area contributed by atoms with E-state index in [0.29, 0.717) is 35.8 Å². The smallest absolute Gasteiger partial charge is 0.315 e. The van der Waals surface area contributed by atoms with E-state index in [1.807, 2.05) is 25.1 Å². The number of aryl methyl sites for hydroxylation is 1. The van der Waals surface area contributed by atoms with Gasteiger partial charge in [-0.3, -0.25) is 0 Å². The number of carbonyl (C=O) groups excluding carboxylic acids is 1.